The van der Waals surface area contributed by atoms with E-state index in [1.54, 1.807) is 33.6 Å². The van der Waals surface area contributed by atoms with Gasteiger partial charge in [-0.2, -0.15) is 0 Å². The highest BCUT2D eigenvalue weighted by Crippen LogP contribution is 2.35. The van der Waals surface area contributed by atoms with Gasteiger partial charge in [0.15, 0.2) is 0 Å². The van der Waals surface area contributed by atoms with Crippen LogP contribution in [0.1, 0.15) is 41.5 Å². The van der Waals surface area contributed by atoms with Crippen LogP contribution in [0.15, 0.2) is 28.6 Å². The quantitative estimate of drug-likeness (QED) is 0.687. The van der Waals surface area contributed by atoms with E-state index in [0.29, 0.717) is 25.3 Å². The molecule has 3 aromatic rings. The Labute approximate surface area is 178 Å². The largest absolute Gasteiger partial charge is 0.388 e. The molecule has 1 aliphatic carbocycles. The number of rotatable bonds is 4. The molecule has 154 valence electrons. The van der Waals surface area contributed by atoms with Crippen LogP contribution in [0, 0.1) is 5.92 Å². The van der Waals surface area contributed by atoms with Crippen LogP contribution in [0.3, 0.4) is 0 Å². The molecule has 29 heavy (non-hydrogen) atoms. The van der Waals surface area contributed by atoms with E-state index in [4.69, 9.17) is 0 Å². The minimum Gasteiger partial charge on any atom is -0.388 e. The van der Waals surface area contributed by atoms with Crippen molar-refractivity contribution in [2.45, 2.75) is 57.7 Å². The molecule has 1 atom stereocenters. The fourth-order valence-corrected chi connectivity index (χ4v) is 6.79. The van der Waals surface area contributed by atoms with Crippen LogP contribution >= 0.6 is 22.7 Å². The molecule has 1 saturated heterocycles. The number of piperidine rings is 1. The second kappa shape index (κ2) is 7.61. The van der Waals surface area contributed by atoms with Gasteiger partial charge in [-0.05, 0) is 55.0 Å². The summed E-state index contributed by atoms with van der Waals surface area (Å²) >= 11 is 3.46. The normalized spacial score (nSPS) is 22.1. The van der Waals surface area contributed by atoms with Gasteiger partial charge in [0.25, 0.3) is 5.56 Å². The van der Waals surface area contributed by atoms with Crippen molar-refractivity contribution in [1.29, 1.82) is 0 Å². The van der Waals surface area contributed by atoms with Gasteiger partial charge in [-0.3, -0.25) is 14.3 Å². The molecule has 2 aliphatic rings. The highest BCUT2D eigenvalue weighted by molar-refractivity contribution is 7.18. The van der Waals surface area contributed by atoms with Gasteiger partial charge < -0.3 is 5.11 Å². The van der Waals surface area contributed by atoms with E-state index in [9.17, 15) is 9.90 Å². The van der Waals surface area contributed by atoms with Crippen LogP contribution in [0.2, 0.25) is 0 Å². The standard InChI is InChI=1S/C22H27N3O2S2/c1-15-4-5-17-18(11-15)29-20-19(17)21(26)25(14-23-20)13-22(27)6-8-24(9-7-22)12-16-3-2-10-28-16/h2-3,10,14-15,27H,4-9,11-13H2,1H3. The molecule has 5 nitrogen and oxygen atoms in total. The summed E-state index contributed by atoms with van der Waals surface area (Å²) in [4.78, 5) is 23.8. The first-order chi connectivity index (χ1) is 14.0. The summed E-state index contributed by atoms with van der Waals surface area (Å²) in [6.07, 6.45) is 6.17. The molecule has 1 unspecified atom stereocenters. The lowest BCUT2D eigenvalue weighted by Crippen LogP contribution is -2.47. The first kappa shape index (κ1) is 19.4. The maximum atomic E-state index is 13.2. The molecule has 1 aliphatic heterocycles. The Balaban J connectivity index is 1.34. The van der Waals surface area contributed by atoms with Gasteiger partial charge >= 0.3 is 0 Å². The van der Waals surface area contributed by atoms with E-state index >= 15 is 0 Å². The Morgan fingerprint density at radius 1 is 1.34 bits per heavy atom. The molecular weight excluding hydrogens is 402 g/mol. The van der Waals surface area contributed by atoms with Crippen molar-refractivity contribution in [3.05, 3.63) is 49.5 Å². The monoisotopic (exact) mass is 429 g/mol. The van der Waals surface area contributed by atoms with Crippen molar-refractivity contribution in [2.24, 2.45) is 5.92 Å². The SMILES string of the molecule is CC1CCc2c(sc3ncn(CC4(O)CCN(Cc5cccs5)CC4)c(=O)c23)C1. The first-order valence-corrected chi connectivity index (χ1v) is 12.2. The molecule has 0 radical (unpaired) electrons. The number of nitrogens with zero attached hydrogens (tertiary/aromatic N) is 3. The summed E-state index contributed by atoms with van der Waals surface area (Å²) < 4.78 is 1.66. The second-order valence-electron chi connectivity index (χ2n) is 8.79. The van der Waals surface area contributed by atoms with Crippen molar-refractivity contribution in [1.82, 2.24) is 14.5 Å². The molecule has 5 rings (SSSR count). The zero-order valence-electron chi connectivity index (χ0n) is 16.8. The molecule has 3 aromatic heterocycles. The van der Waals surface area contributed by atoms with E-state index in [1.165, 1.54) is 15.3 Å². The molecule has 4 heterocycles. The summed E-state index contributed by atoms with van der Waals surface area (Å²) in [5.74, 6) is 0.679. The second-order valence-corrected chi connectivity index (χ2v) is 10.9. The van der Waals surface area contributed by atoms with Crippen LogP contribution in [0.4, 0.5) is 0 Å². The minimum atomic E-state index is -0.838. The third-order valence-corrected chi connectivity index (χ3v) is 8.52. The maximum Gasteiger partial charge on any atom is 0.262 e. The Kier molecular flexibility index (Phi) is 5.10. The number of hydrogen-bond donors (Lipinski definition) is 1. The van der Waals surface area contributed by atoms with Gasteiger partial charge in [-0.25, -0.2) is 4.98 Å². The molecule has 1 fully saturated rings. The Hall–Kier alpha value is -1.54. The van der Waals surface area contributed by atoms with Gasteiger partial charge in [-0.1, -0.05) is 13.0 Å². The predicted octanol–water partition coefficient (Wildman–Crippen LogP) is 3.67. The van der Waals surface area contributed by atoms with E-state index in [1.807, 2.05) is 0 Å². The Morgan fingerprint density at radius 2 is 2.17 bits per heavy atom. The number of hydrogen-bond acceptors (Lipinski definition) is 6. The van der Waals surface area contributed by atoms with Crippen molar-refractivity contribution < 1.29 is 5.11 Å². The molecule has 7 heteroatoms. The maximum absolute atomic E-state index is 13.2. The summed E-state index contributed by atoms with van der Waals surface area (Å²) in [7, 11) is 0. The number of aromatic nitrogens is 2. The predicted molar refractivity (Wildman–Crippen MR) is 119 cm³/mol. The van der Waals surface area contributed by atoms with Crippen LogP contribution in [0.25, 0.3) is 10.2 Å². The van der Waals surface area contributed by atoms with Crippen molar-refractivity contribution >= 4 is 32.9 Å². The van der Waals surface area contributed by atoms with Crippen molar-refractivity contribution in [2.75, 3.05) is 13.1 Å². The summed E-state index contributed by atoms with van der Waals surface area (Å²) in [6.45, 7) is 5.26. The minimum absolute atomic E-state index is 0.0245. The summed E-state index contributed by atoms with van der Waals surface area (Å²) in [5, 5.41) is 14.1. The molecule has 1 N–H and O–H groups in total. The lowest BCUT2D eigenvalue weighted by atomic mass is 9.89. The summed E-state index contributed by atoms with van der Waals surface area (Å²) in [6, 6.07) is 4.24. The number of aliphatic hydroxyl groups is 1. The van der Waals surface area contributed by atoms with Crippen LogP contribution in [-0.4, -0.2) is 38.2 Å². The van der Waals surface area contributed by atoms with Crippen LogP contribution in [-0.2, 0) is 25.9 Å². The van der Waals surface area contributed by atoms with E-state index in [-0.39, 0.29) is 5.56 Å². The fourth-order valence-electron chi connectivity index (χ4n) is 4.70. The van der Waals surface area contributed by atoms with Gasteiger partial charge in [0.1, 0.15) is 4.83 Å². The highest BCUT2D eigenvalue weighted by Gasteiger charge is 2.33. The number of thiophene rings is 2. The van der Waals surface area contributed by atoms with E-state index < -0.39 is 5.60 Å². The lowest BCUT2D eigenvalue weighted by molar-refractivity contribution is -0.0363. The number of aryl methyl sites for hydroxylation is 1. The van der Waals surface area contributed by atoms with Crippen molar-refractivity contribution in [3.63, 3.8) is 0 Å². The summed E-state index contributed by atoms with van der Waals surface area (Å²) in [5.41, 5.74) is 0.402. The lowest BCUT2D eigenvalue weighted by Gasteiger charge is -2.38. The average Bonchev–Trinajstić information content (AvgIpc) is 3.33. The number of likely N-dealkylation sites (tertiary alicyclic amines) is 1. The molecule has 0 amide bonds. The smallest absolute Gasteiger partial charge is 0.262 e. The highest BCUT2D eigenvalue weighted by atomic mass is 32.1. The molecule has 0 aromatic carbocycles. The molecule has 0 bridgehead atoms. The Bertz CT molecular complexity index is 1060. The van der Waals surface area contributed by atoms with Gasteiger partial charge in [0.05, 0.1) is 23.9 Å². The van der Waals surface area contributed by atoms with Gasteiger partial charge in [-0.15, -0.1) is 22.7 Å². The molecule has 0 spiro atoms. The van der Waals surface area contributed by atoms with Crippen molar-refractivity contribution in [3.8, 4) is 0 Å². The zero-order chi connectivity index (χ0) is 20.0. The average molecular weight is 430 g/mol. The van der Waals surface area contributed by atoms with Gasteiger partial charge in [0.2, 0.25) is 0 Å². The first-order valence-electron chi connectivity index (χ1n) is 10.5. The van der Waals surface area contributed by atoms with E-state index in [2.05, 4.69) is 34.3 Å². The number of fused-ring (bicyclic) bond motifs is 3. The molecule has 0 saturated carbocycles. The van der Waals surface area contributed by atoms with Crippen LogP contribution < -0.4 is 5.56 Å². The third kappa shape index (κ3) is 3.81. The van der Waals surface area contributed by atoms with Gasteiger partial charge in [0, 0.05) is 29.4 Å². The van der Waals surface area contributed by atoms with Crippen LogP contribution in [0.5, 0.6) is 0 Å². The Morgan fingerprint density at radius 3 is 2.93 bits per heavy atom. The zero-order valence-corrected chi connectivity index (χ0v) is 18.4. The topological polar surface area (TPSA) is 58.4 Å². The fraction of sp³-hybridized carbons (Fsp3) is 0.545. The van der Waals surface area contributed by atoms with E-state index in [0.717, 1.165) is 49.1 Å². The third-order valence-electron chi connectivity index (χ3n) is 6.49. The molecular formula is C22H27N3O2S2.